The Morgan fingerprint density at radius 3 is 2.44 bits per heavy atom. The predicted octanol–water partition coefficient (Wildman–Crippen LogP) is 2.90. The van der Waals surface area contributed by atoms with Gasteiger partial charge in [0, 0.05) is 24.2 Å². The molecule has 0 amide bonds. The van der Waals surface area contributed by atoms with Gasteiger partial charge in [0.2, 0.25) is 0 Å². The molecule has 0 heterocycles. The molecular weight excluding hydrogens is 266 g/mol. The summed E-state index contributed by atoms with van der Waals surface area (Å²) < 4.78 is 1.11. The van der Waals surface area contributed by atoms with E-state index in [1.165, 1.54) is 5.56 Å². The molecule has 0 aromatic heterocycles. The van der Waals surface area contributed by atoms with Crippen LogP contribution < -0.4 is 0 Å². The minimum Gasteiger partial charge on any atom is -0.396 e. The molecule has 1 aromatic carbocycles. The molecule has 0 aliphatic carbocycles. The molecule has 1 atom stereocenters. The average molecular weight is 286 g/mol. The molecule has 0 bridgehead atoms. The predicted molar refractivity (Wildman–Crippen MR) is 71.3 cm³/mol. The van der Waals surface area contributed by atoms with Gasteiger partial charge in [-0.3, -0.25) is 0 Å². The summed E-state index contributed by atoms with van der Waals surface area (Å²) >= 11 is 3.43. The number of hydrogen-bond donors (Lipinski definition) is 1. The molecule has 90 valence electrons. The fourth-order valence-electron chi connectivity index (χ4n) is 1.72. The zero-order chi connectivity index (χ0) is 12.0. The number of benzene rings is 1. The summed E-state index contributed by atoms with van der Waals surface area (Å²) in [6.07, 6.45) is 1.03. The second kappa shape index (κ2) is 7.05. The van der Waals surface area contributed by atoms with E-state index in [0.29, 0.717) is 5.92 Å². The van der Waals surface area contributed by atoms with E-state index in [2.05, 4.69) is 59.1 Å². The molecular formula is C13H20BrNO. The molecule has 0 radical (unpaired) electrons. The van der Waals surface area contributed by atoms with E-state index in [9.17, 15) is 0 Å². The van der Waals surface area contributed by atoms with Gasteiger partial charge in [-0.05, 0) is 37.1 Å². The summed E-state index contributed by atoms with van der Waals surface area (Å²) in [4.78, 5) is 2.26. The van der Waals surface area contributed by atoms with Gasteiger partial charge in [-0.2, -0.15) is 0 Å². The van der Waals surface area contributed by atoms with Crippen molar-refractivity contribution in [2.45, 2.75) is 19.9 Å². The SMILES string of the molecule is CCC(CO)CN(C)Cc1ccc(Br)cc1. The summed E-state index contributed by atoms with van der Waals surface area (Å²) in [5.41, 5.74) is 1.30. The van der Waals surface area contributed by atoms with Gasteiger partial charge in [0.05, 0.1) is 0 Å². The van der Waals surface area contributed by atoms with Crippen LogP contribution in [0.4, 0.5) is 0 Å². The normalized spacial score (nSPS) is 13.1. The quantitative estimate of drug-likeness (QED) is 0.869. The Kier molecular flexibility index (Phi) is 6.03. The Morgan fingerprint density at radius 1 is 1.31 bits per heavy atom. The monoisotopic (exact) mass is 285 g/mol. The van der Waals surface area contributed by atoms with Crippen LogP contribution >= 0.6 is 15.9 Å². The Hall–Kier alpha value is -0.380. The third-order valence-electron chi connectivity index (χ3n) is 2.77. The van der Waals surface area contributed by atoms with Gasteiger partial charge in [0.25, 0.3) is 0 Å². The largest absolute Gasteiger partial charge is 0.396 e. The van der Waals surface area contributed by atoms with Crippen LogP contribution in [0.5, 0.6) is 0 Å². The van der Waals surface area contributed by atoms with Gasteiger partial charge in [0.1, 0.15) is 0 Å². The Bertz CT molecular complexity index is 295. The Morgan fingerprint density at radius 2 is 1.94 bits per heavy atom. The number of halogens is 1. The molecule has 3 heteroatoms. The molecule has 1 N–H and O–H groups in total. The van der Waals surface area contributed by atoms with Crippen LogP contribution in [0, 0.1) is 5.92 Å². The highest BCUT2D eigenvalue weighted by Crippen LogP contribution is 2.12. The topological polar surface area (TPSA) is 23.5 Å². The van der Waals surface area contributed by atoms with Gasteiger partial charge in [-0.15, -0.1) is 0 Å². The second-order valence-corrected chi connectivity index (χ2v) is 5.20. The molecule has 16 heavy (non-hydrogen) atoms. The van der Waals surface area contributed by atoms with Crippen molar-refractivity contribution in [1.29, 1.82) is 0 Å². The smallest absolute Gasteiger partial charge is 0.0471 e. The molecule has 0 spiro atoms. The van der Waals surface area contributed by atoms with E-state index in [1.54, 1.807) is 0 Å². The summed E-state index contributed by atoms with van der Waals surface area (Å²) in [5, 5.41) is 9.14. The number of nitrogens with zero attached hydrogens (tertiary/aromatic N) is 1. The van der Waals surface area contributed by atoms with Crippen molar-refractivity contribution in [2.75, 3.05) is 20.2 Å². The number of hydrogen-bond acceptors (Lipinski definition) is 2. The second-order valence-electron chi connectivity index (χ2n) is 4.28. The number of aliphatic hydroxyl groups is 1. The van der Waals surface area contributed by atoms with Gasteiger partial charge in [0.15, 0.2) is 0 Å². The van der Waals surface area contributed by atoms with Crippen LogP contribution in [-0.4, -0.2) is 30.2 Å². The summed E-state index contributed by atoms with van der Waals surface area (Å²) in [7, 11) is 2.10. The maximum atomic E-state index is 9.14. The zero-order valence-electron chi connectivity index (χ0n) is 9.99. The van der Waals surface area contributed by atoms with Gasteiger partial charge in [-0.25, -0.2) is 0 Å². The van der Waals surface area contributed by atoms with E-state index in [4.69, 9.17) is 5.11 Å². The summed E-state index contributed by atoms with van der Waals surface area (Å²) in [6, 6.07) is 8.38. The summed E-state index contributed by atoms with van der Waals surface area (Å²) in [6.45, 7) is 4.28. The first-order chi connectivity index (χ1) is 7.65. The van der Waals surface area contributed by atoms with E-state index in [1.807, 2.05) is 0 Å². The van der Waals surface area contributed by atoms with Crippen LogP contribution in [0.25, 0.3) is 0 Å². The highest BCUT2D eigenvalue weighted by Gasteiger charge is 2.08. The zero-order valence-corrected chi connectivity index (χ0v) is 11.6. The Labute approximate surface area is 106 Å². The minimum atomic E-state index is 0.279. The first-order valence-corrected chi connectivity index (χ1v) is 6.48. The molecule has 0 aliphatic heterocycles. The first kappa shape index (κ1) is 13.7. The first-order valence-electron chi connectivity index (χ1n) is 5.69. The Balaban J connectivity index is 2.44. The lowest BCUT2D eigenvalue weighted by Gasteiger charge is -2.21. The van der Waals surface area contributed by atoms with Crippen molar-refractivity contribution in [1.82, 2.24) is 4.90 Å². The molecule has 1 unspecified atom stereocenters. The third kappa shape index (κ3) is 4.64. The van der Waals surface area contributed by atoms with Crippen LogP contribution in [0.1, 0.15) is 18.9 Å². The van der Waals surface area contributed by atoms with Crippen LogP contribution in [0.3, 0.4) is 0 Å². The lowest BCUT2D eigenvalue weighted by molar-refractivity contribution is 0.173. The molecule has 2 nitrogen and oxygen atoms in total. The van der Waals surface area contributed by atoms with Gasteiger partial charge < -0.3 is 10.0 Å². The third-order valence-corrected chi connectivity index (χ3v) is 3.30. The van der Waals surface area contributed by atoms with Crippen molar-refractivity contribution < 1.29 is 5.11 Å². The van der Waals surface area contributed by atoms with Crippen molar-refractivity contribution in [3.05, 3.63) is 34.3 Å². The molecule has 1 rings (SSSR count). The van der Waals surface area contributed by atoms with Crippen LogP contribution in [-0.2, 0) is 6.54 Å². The van der Waals surface area contributed by atoms with Crippen LogP contribution in [0.15, 0.2) is 28.7 Å². The van der Waals surface area contributed by atoms with Crippen molar-refractivity contribution in [2.24, 2.45) is 5.92 Å². The van der Waals surface area contributed by atoms with Gasteiger partial charge >= 0.3 is 0 Å². The van der Waals surface area contributed by atoms with E-state index in [0.717, 1.165) is 24.0 Å². The van der Waals surface area contributed by atoms with Crippen LogP contribution in [0.2, 0.25) is 0 Å². The fourth-order valence-corrected chi connectivity index (χ4v) is 1.99. The molecule has 0 saturated heterocycles. The minimum absolute atomic E-state index is 0.279. The number of aliphatic hydroxyl groups excluding tert-OH is 1. The van der Waals surface area contributed by atoms with Gasteiger partial charge in [-0.1, -0.05) is 35.0 Å². The van der Waals surface area contributed by atoms with E-state index >= 15 is 0 Å². The molecule has 0 aliphatic rings. The molecule has 0 saturated carbocycles. The maximum Gasteiger partial charge on any atom is 0.0471 e. The highest BCUT2D eigenvalue weighted by molar-refractivity contribution is 9.10. The lowest BCUT2D eigenvalue weighted by Crippen LogP contribution is -2.26. The molecule has 0 fully saturated rings. The maximum absolute atomic E-state index is 9.14. The van der Waals surface area contributed by atoms with E-state index < -0.39 is 0 Å². The number of rotatable bonds is 6. The molecule has 1 aromatic rings. The highest BCUT2D eigenvalue weighted by atomic mass is 79.9. The van der Waals surface area contributed by atoms with Crippen molar-refractivity contribution in [3.8, 4) is 0 Å². The fraction of sp³-hybridized carbons (Fsp3) is 0.538. The van der Waals surface area contributed by atoms with Crippen molar-refractivity contribution >= 4 is 15.9 Å². The standard InChI is InChI=1S/C13H20BrNO/c1-3-11(10-16)8-15(2)9-12-4-6-13(14)7-5-12/h4-7,11,16H,3,8-10H2,1-2H3. The van der Waals surface area contributed by atoms with E-state index in [-0.39, 0.29) is 6.61 Å². The summed E-state index contributed by atoms with van der Waals surface area (Å²) in [5.74, 6) is 0.389. The lowest BCUT2D eigenvalue weighted by atomic mass is 10.1. The average Bonchev–Trinajstić information content (AvgIpc) is 2.29. The van der Waals surface area contributed by atoms with Crippen molar-refractivity contribution in [3.63, 3.8) is 0 Å².